The lowest BCUT2D eigenvalue weighted by molar-refractivity contribution is -0.113. The van der Waals surface area contributed by atoms with Gasteiger partial charge in [-0.3, -0.25) is 9.48 Å². The molecule has 1 amide bonds. The molecule has 7 heteroatoms. The lowest BCUT2D eigenvalue weighted by Gasteiger charge is -2.06. The summed E-state index contributed by atoms with van der Waals surface area (Å²) in [7, 11) is -1.97. The Balaban J connectivity index is 2.11. The van der Waals surface area contributed by atoms with Crippen LogP contribution < -0.4 is 5.32 Å². The van der Waals surface area contributed by atoms with Crippen molar-refractivity contribution >= 4 is 21.6 Å². The van der Waals surface area contributed by atoms with Crippen molar-refractivity contribution in [1.29, 1.82) is 0 Å². The van der Waals surface area contributed by atoms with E-state index in [9.17, 15) is 13.2 Å². The van der Waals surface area contributed by atoms with Crippen LogP contribution in [0.3, 0.4) is 0 Å². The van der Waals surface area contributed by atoms with Crippen LogP contribution >= 0.6 is 0 Å². The van der Waals surface area contributed by atoms with Crippen LogP contribution in [0, 0.1) is 13.8 Å². The number of rotatable bonds is 4. The number of aromatic nitrogens is 2. The summed E-state index contributed by atoms with van der Waals surface area (Å²) in [6.45, 7) is 3.66. The molecule has 0 unspecified atom stereocenters. The Morgan fingerprint density at radius 1 is 1.24 bits per heavy atom. The summed E-state index contributed by atoms with van der Waals surface area (Å²) >= 11 is 0. The van der Waals surface area contributed by atoms with E-state index in [-0.39, 0.29) is 4.90 Å². The molecular formula is C14H17N3O3S. The van der Waals surface area contributed by atoms with E-state index in [2.05, 4.69) is 10.4 Å². The SMILES string of the molecule is Cc1ccc(S(=O)(=O)CC(=O)Nc2cc(C)nn2C)cc1. The summed E-state index contributed by atoms with van der Waals surface area (Å²) in [5, 5.41) is 6.63. The Kier molecular flexibility index (Phi) is 4.13. The van der Waals surface area contributed by atoms with Gasteiger partial charge < -0.3 is 5.32 Å². The molecule has 6 nitrogen and oxygen atoms in total. The first-order valence-electron chi connectivity index (χ1n) is 6.38. The largest absolute Gasteiger partial charge is 0.310 e. The molecule has 0 radical (unpaired) electrons. The maximum absolute atomic E-state index is 12.2. The second-order valence-electron chi connectivity index (χ2n) is 4.91. The van der Waals surface area contributed by atoms with Crippen LogP contribution in [0.5, 0.6) is 0 Å². The molecule has 2 aromatic rings. The van der Waals surface area contributed by atoms with E-state index in [1.165, 1.54) is 16.8 Å². The minimum Gasteiger partial charge on any atom is -0.310 e. The minimum absolute atomic E-state index is 0.143. The fourth-order valence-corrected chi connectivity index (χ4v) is 3.04. The number of aryl methyl sites for hydroxylation is 3. The molecule has 1 aromatic carbocycles. The third kappa shape index (κ3) is 3.69. The molecule has 0 bridgehead atoms. The zero-order valence-electron chi connectivity index (χ0n) is 12.1. The number of anilines is 1. The van der Waals surface area contributed by atoms with Gasteiger partial charge in [0.05, 0.1) is 10.6 Å². The highest BCUT2D eigenvalue weighted by Crippen LogP contribution is 2.13. The predicted molar refractivity (Wildman–Crippen MR) is 79.8 cm³/mol. The second kappa shape index (κ2) is 5.69. The zero-order valence-corrected chi connectivity index (χ0v) is 12.9. The van der Waals surface area contributed by atoms with Gasteiger partial charge in [0.15, 0.2) is 9.84 Å². The molecule has 0 aliphatic heterocycles. The van der Waals surface area contributed by atoms with Crippen LogP contribution in [0.2, 0.25) is 0 Å². The fourth-order valence-electron chi connectivity index (χ4n) is 1.91. The van der Waals surface area contributed by atoms with Crippen LogP contribution in [0.4, 0.5) is 5.82 Å². The van der Waals surface area contributed by atoms with E-state index in [0.29, 0.717) is 5.82 Å². The molecular weight excluding hydrogens is 290 g/mol. The number of hydrogen-bond donors (Lipinski definition) is 1. The standard InChI is InChI=1S/C14H17N3O3S/c1-10-4-6-12(7-5-10)21(19,20)9-14(18)15-13-8-11(2)16-17(13)3/h4-8H,9H2,1-3H3,(H,15,18). The Morgan fingerprint density at radius 2 is 1.86 bits per heavy atom. The molecule has 1 N–H and O–H groups in total. The number of amides is 1. The average molecular weight is 307 g/mol. The average Bonchev–Trinajstić information content (AvgIpc) is 2.67. The van der Waals surface area contributed by atoms with Crippen LogP contribution in [-0.2, 0) is 21.7 Å². The van der Waals surface area contributed by atoms with Crippen molar-refractivity contribution < 1.29 is 13.2 Å². The summed E-state index contributed by atoms with van der Waals surface area (Å²) in [6.07, 6.45) is 0. The van der Waals surface area contributed by atoms with Crippen molar-refractivity contribution in [3.63, 3.8) is 0 Å². The van der Waals surface area contributed by atoms with E-state index >= 15 is 0 Å². The minimum atomic E-state index is -3.64. The normalized spacial score (nSPS) is 11.4. The van der Waals surface area contributed by atoms with Crippen LogP contribution in [0.15, 0.2) is 35.2 Å². The van der Waals surface area contributed by atoms with Crippen LogP contribution in [0.1, 0.15) is 11.3 Å². The van der Waals surface area contributed by atoms with Gasteiger partial charge in [-0.25, -0.2) is 8.42 Å². The zero-order chi connectivity index (χ0) is 15.6. The molecule has 0 aliphatic carbocycles. The fraction of sp³-hybridized carbons (Fsp3) is 0.286. The highest BCUT2D eigenvalue weighted by molar-refractivity contribution is 7.92. The van der Waals surface area contributed by atoms with Gasteiger partial charge in [0.25, 0.3) is 0 Å². The second-order valence-corrected chi connectivity index (χ2v) is 6.90. The van der Waals surface area contributed by atoms with Crippen LogP contribution in [-0.4, -0.2) is 29.9 Å². The van der Waals surface area contributed by atoms with Gasteiger partial charge in [0.2, 0.25) is 5.91 Å². The van der Waals surface area contributed by atoms with Crippen molar-refractivity contribution in [1.82, 2.24) is 9.78 Å². The Hall–Kier alpha value is -2.15. The van der Waals surface area contributed by atoms with Gasteiger partial charge in [-0.1, -0.05) is 17.7 Å². The van der Waals surface area contributed by atoms with Crippen LogP contribution in [0.25, 0.3) is 0 Å². The first kappa shape index (κ1) is 15.2. The van der Waals surface area contributed by atoms with E-state index < -0.39 is 21.5 Å². The molecule has 2 rings (SSSR count). The molecule has 0 saturated heterocycles. The van der Waals surface area contributed by atoms with Crippen molar-refractivity contribution in [2.45, 2.75) is 18.7 Å². The number of sulfone groups is 1. The van der Waals surface area contributed by atoms with Crippen molar-refractivity contribution in [2.75, 3.05) is 11.1 Å². The quantitative estimate of drug-likeness (QED) is 0.927. The molecule has 1 heterocycles. The predicted octanol–water partition coefficient (Wildman–Crippen LogP) is 1.45. The van der Waals surface area contributed by atoms with E-state index in [1.807, 2.05) is 6.92 Å². The monoisotopic (exact) mass is 307 g/mol. The van der Waals surface area contributed by atoms with Gasteiger partial charge in [0, 0.05) is 13.1 Å². The summed E-state index contributed by atoms with van der Waals surface area (Å²) in [5.74, 6) is -0.713. The highest BCUT2D eigenvalue weighted by atomic mass is 32.2. The Labute approximate surface area is 123 Å². The number of nitrogens with one attached hydrogen (secondary N) is 1. The maximum atomic E-state index is 12.2. The number of hydrogen-bond acceptors (Lipinski definition) is 4. The van der Waals surface area contributed by atoms with E-state index in [0.717, 1.165) is 11.3 Å². The Morgan fingerprint density at radius 3 is 2.38 bits per heavy atom. The maximum Gasteiger partial charge on any atom is 0.241 e. The number of benzene rings is 1. The van der Waals surface area contributed by atoms with E-state index in [4.69, 9.17) is 0 Å². The third-order valence-electron chi connectivity index (χ3n) is 2.97. The summed E-state index contributed by atoms with van der Waals surface area (Å²) in [6, 6.07) is 8.10. The lowest BCUT2D eigenvalue weighted by atomic mass is 10.2. The van der Waals surface area contributed by atoms with Gasteiger partial charge >= 0.3 is 0 Å². The number of carbonyl (C=O) groups is 1. The lowest BCUT2D eigenvalue weighted by Crippen LogP contribution is -2.24. The summed E-state index contributed by atoms with van der Waals surface area (Å²) < 4.78 is 25.8. The van der Waals surface area contributed by atoms with Gasteiger partial charge in [-0.2, -0.15) is 5.10 Å². The molecule has 112 valence electrons. The Bertz CT molecular complexity index is 761. The van der Waals surface area contributed by atoms with Gasteiger partial charge in [0.1, 0.15) is 11.6 Å². The molecule has 1 aromatic heterocycles. The molecule has 0 atom stereocenters. The highest BCUT2D eigenvalue weighted by Gasteiger charge is 2.20. The van der Waals surface area contributed by atoms with E-state index in [1.54, 1.807) is 32.2 Å². The molecule has 0 fully saturated rings. The summed E-state index contributed by atoms with van der Waals surface area (Å²) in [5.41, 5.74) is 1.71. The number of nitrogens with zero attached hydrogens (tertiary/aromatic N) is 2. The summed E-state index contributed by atoms with van der Waals surface area (Å²) in [4.78, 5) is 12.0. The van der Waals surface area contributed by atoms with Crippen molar-refractivity contribution in [3.8, 4) is 0 Å². The first-order valence-corrected chi connectivity index (χ1v) is 8.03. The number of carbonyl (C=O) groups excluding carboxylic acids is 1. The van der Waals surface area contributed by atoms with Gasteiger partial charge in [-0.15, -0.1) is 0 Å². The van der Waals surface area contributed by atoms with Crippen molar-refractivity contribution in [3.05, 3.63) is 41.6 Å². The van der Waals surface area contributed by atoms with Crippen molar-refractivity contribution in [2.24, 2.45) is 7.05 Å². The molecule has 0 saturated carbocycles. The third-order valence-corrected chi connectivity index (χ3v) is 4.60. The molecule has 0 spiro atoms. The smallest absolute Gasteiger partial charge is 0.241 e. The molecule has 0 aliphatic rings. The van der Waals surface area contributed by atoms with Gasteiger partial charge in [-0.05, 0) is 26.0 Å². The molecule has 21 heavy (non-hydrogen) atoms. The topological polar surface area (TPSA) is 81.1 Å². The first-order chi connectivity index (χ1) is 9.78.